The molecule has 0 aromatic heterocycles. The highest BCUT2D eigenvalue weighted by atomic mass is 35.5. The molecule has 8 nitrogen and oxygen atoms in total. The first-order chi connectivity index (χ1) is 17.9. The molecule has 0 saturated carbocycles. The molecule has 0 bridgehead atoms. The van der Waals surface area contributed by atoms with Crippen LogP contribution in [0.25, 0.3) is 10.8 Å². The first kappa shape index (κ1) is 31.5. The lowest BCUT2D eigenvalue weighted by molar-refractivity contribution is -0.142. The maximum Gasteiger partial charge on any atom is 0.243 e. The minimum Gasteiger partial charge on any atom is -0.390 e. The Bertz CT molecular complexity index is 1060. The molecular weight excluding hydrogens is 504 g/mol. The van der Waals surface area contributed by atoms with Gasteiger partial charge in [-0.2, -0.15) is 0 Å². The molecule has 0 aliphatic carbocycles. The molecule has 3 rings (SSSR count). The summed E-state index contributed by atoms with van der Waals surface area (Å²) in [5.74, 6) is -0.724. The molecule has 1 fully saturated rings. The Morgan fingerprint density at radius 2 is 1.76 bits per heavy atom. The molecule has 1 saturated heterocycles. The number of hydrogen-bond acceptors (Lipinski definition) is 5. The van der Waals surface area contributed by atoms with Gasteiger partial charge in [-0.25, -0.2) is 0 Å². The molecule has 0 spiro atoms. The van der Waals surface area contributed by atoms with Gasteiger partial charge in [-0.3, -0.25) is 14.4 Å². The molecular formula is C29H43ClN4O4. The number of nitrogens with one attached hydrogen (secondary N) is 2. The van der Waals surface area contributed by atoms with Gasteiger partial charge in [-0.05, 0) is 42.0 Å². The maximum atomic E-state index is 13.5. The topological polar surface area (TPSA) is 125 Å². The largest absolute Gasteiger partial charge is 0.390 e. The Kier molecular flexibility index (Phi) is 13.0. The first-order valence-corrected chi connectivity index (χ1v) is 13.6. The highest BCUT2D eigenvalue weighted by molar-refractivity contribution is 5.93. The number of hydrogen-bond donors (Lipinski definition) is 4. The van der Waals surface area contributed by atoms with Gasteiger partial charge in [0.2, 0.25) is 17.7 Å². The van der Waals surface area contributed by atoms with Crippen LogP contribution in [-0.4, -0.2) is 65.5 Å². The third-order valence-corrected chi connectivity index (χ3v) is 7.13. The molecule has 1 aliphatic heterocycles. The van der Waals surface area contributed by atoms with E-state index in [9.17, 15) is 19.5 Å². The van der Waals surface area contributed by atoms with Gasteiger partial charge in [-0.1, -0.05) is 69.2 Å². The second kappa shape index (κ2) is 15.7. The Labute approximate surface area is 232 Å². The predicted molar refractivity (Wildman–Crippen MR) is 153 cm³/mol. The zero-order chi connectivity index (χ0) is 26.8. The molecule has 1 heterocycles. The van der Waals surface area contributed by atoms with Gasteiger partial charge in [0, 0.05) is 32.0 Å². The number of nitrogens with zero attached hydrogens (tertiary/aromatic N) is 1. The number of aliphatic hydroxyl groups excluding tert-OH is 1. The summed E-state index contributed by atoms with van der Waals surface area (Å²) in [6.07, 6.45) is 4.24. The smallest absolute Gasteiger partial charge is 0.243 e. The standard InChI is InChI=1S/C29H42N4O4.ClH/c1-3-8-22(9-4-2)29(37)33-15-7-12-26(33)28(36)32-25(27(35)31-19-24(34)18-30)17-20-13-14-21-10-5-6-11-23(21)16-20;/h5-6,10-11,13-14,16,22,24-26,34H,3-4,7-9,12,15,17-19,30H2,1-2H3,(H,31,35)(H,32,36);1H/t24?,25-,26?;/m1./s1. The third kappa shape index (κ3) is 8.41. The molecule has 0 radical (unpaired) electrons. The van der Waals surface area contributed by atoms with Crippen LogP contribution in [0.2, 0.25) is 0 Å². The fourth-order valence-electron chi connectivity index (χ4n) is 5.13. The fourth-order valence-corrected chi connectivity index (χ4v) is 5.13. The molecule has 1 aliphatic rings. The van der Waals surface area contributed by atoms with Crippen LogP contribution >= 0.6 is 12.4 Å². The van der Waals surface area contributed by atoms with Crippen molar-refractivity contribution in [3.63, 3.8) is 0 Å². The van der Waals surface area contributed by atoms with E-state index in [0.29, 0.717) is 13.0 Å². The van der Waals surface area contributed by atoms with Crippen molar-refractivity contribution in [3.8, 4) is 0 Å². The fraction of sp³-hybridized carbons (Fsp3) is 0.552. The highest BCUT2D eigenvalue weighted by Gasteiger charge is 2.38. The molecule has 3 atom stereocenters. The van der Waals surface area contributed by atoms with Gasteiger partial charge < -0.3 is 26.4 Å². The number of aliphatic hydroxyl groups is 1. The van der Waals surface area contributed by atoms with E-state index in [0.717, 1.165) is 48.4 Å². The Morgan fingerprint density at radius 1 is 1.08 bits per heavy atom. The van der Waals surface area contributed by atoms with E-state index >= 15 is 0 Å². The van der Waals surface area contributed by atoms with Crippen molar-refractivity contribution in [2.24, 2.45) is 11.7 Å². The zero-order valence-corrected chi connectivity index (χ0v) is 23.3. The number of nitrogens with two attached hydrogens (primary N) is 1. The molecule has 5 N–H and O–H groups in total. The van der Waals surface area contributed by atoms with Crippen molar-refractivity contribution < 1.29 is 19.5 Å². The van der Waals surface area contributed by atoms with Crippen LogP contribution in [0.1, 0.15) is 57.9 Å². The van der Waals surface area contributed by atoms with Crippen LogP contribution in [0.4, 0.5) is 0 Å². The van der Waals surface area contributed by atoms with Crippen LogP contribution in [0.15, 0.2) is 42.5 Å². The Hall–Kier alpha value is -2.68. The Balaban J connectivity index is 0.00000507. The summed E-state index contributed by atoms with van der Waals surface area (Å²) in [5.41, 5.74) is 6.38. The normalized spacial score (nSPS) is 16.7. The van der Waals surface area contributed by atoms with Crippen LogP contribution in [0.3, 0.4) is 0 Å². The highest BCUT2D eigenvalue weighted by Crippen LogP contribution is 2.25. The number of carbonyl (C=O) groups excluding carboxylic acids is 3. The van der Waals surface area contributed by atoms with E-state index in [1.165, 1.54) is 0 Å². The molecule has 38 heavy (non-hydrogen) atoms. The second-order valence-electron chi connectivity index (χ2n) is 10.0. The van der Waals surface area contributed by atoms with Gasteiger partial charge in [0.25, 0.3) is 0 Å². The number of rotatable bonds is 13. The van der Waals surface area contributed by atoms with Crippen molar-refractivity contribution in [2.45, 2.75) is 77.0 Å². The van der Waals surface area contributed by atoms with Crippen LogP contribution < -0.4 is 16.4 Å². The number of amides is 3. The van der Waals surface area contributed by atoms with Crippen molar-refractivity contribution in [1.29, 1.82) is 0 Å². The van der Waals surface area contributed by atoms with E-state index < -0.39 is 18.2 Å². The molecule has 2 aromatic rings. The first-order valence-electron chi connectivity index (χ1n) is 13.6. The van der Waals surface area contributed by atoms with E-state index in [4.69, 9.17) is 5.73 Å². The summed E-state index contributed by atoms with van der Waals surface area (Å²) in [6, 6.07) is 12.5. The van der Waals surface area contributed by atoms with Gasteiger partial charge in [0.15, 0.2) is 0 Å². The monoisotopic (exact) mass is 546 g/mol. The van der Waals surface area contributed by atoms with E-state index in [-0.39, 0.29) is 55.6 Å². The van der Waals surface area contributed by atoms with Crippen molar-refractivity contribution in [2.75, 3.05) is 19.6 Å². The summed E-state index contributed by atoms with van der Waals surface area (Å²) in [6.45, 7) is 4.73. The molecule has 2 unspecified atom stereocenters. The van der Waals surface area contributed by atoms with Crippen molar-refractivity contribution in [3.05, 3.63) is 48.0 Å². The Morgan fingerprint density at radius 3 is 2.42 bits per heavy atom. The van der Waals surface area contributed by atoms with Crippen LogP contribution in [0, 0.1) is 5.92 Å². The average Bonchev–Trinajstić information content (AvgIpc) is 3.40. The second-order valence-corrected chi connectivity index (χ2v) is 10.0. The zero-order valence-electron chi connectivity index (χ0n) is 22.5. The minimum atomic E-state index is -0.863. The summed E-state index contributed by atoms with van der Waals surface area (Å²) in [4.78, 5) is 41.6. The average molecular weight is 547 g/mol. The molecule has 210 valence electrons. The van der Waals surface area contributed by atoms with Crippen LogP contribution in [0.5, 0.6) is 0 Å². The molecule has 2 aromatic carbocycles. The number of likely N-dealkylation sites (tertiary alicyclic amines) is 1. The maximum absolute atomic E-state index is 13.5. The van der Waals surface area contributed by atoms with Gasteiger partial charge in [-0.15, -0.1) is 12.4 Å². The number of carbonyl (C=O) groups is 3. The van der Waals surface area contributed by atoms with Gasteiger partial charge in [0.05, 0.1) is 6.10 Å². The van der Waals surface area contributed by atoms with E-state index in [1.807, 2.05) is 42.5 Å². The lowest BCUT2D eigenvalue weighted by atomic mass is 9.96. The van der Waals surface area contributed by atoms with Crippen LogP contribution in [-0.2, 0) is 20.8 Å². The predicted octanol–water partition coefficient (Wildman–Crippen LogP) is 2.93. The number of benzene rings is 2. The summed E-state index contributed by atoms with van der Waals surface area (Å²) in [7, 11) is 0. The molecule has 9 heteroatoms. The van der Waals surface area contributed by atoms with Gasteiger partial charge in [0.1, 0.15) is 12.1 Å². The summed E-state index contributed by atoms with van der Waals surface area (Å²) >= 11 is 0. The van der Waals surface area contributed by atoms with Crippen molar-refractivity contribution in [1.82, 2.24) is 15.5 Å². The van der Waals surface area contributed by atoms with E-state index in [2.05, 4.69) is 24.5 Å². The summed E-state index contributed by atoms with van der Waals surface area (Å²) in [5, 5.41) is 17.6. The van der Waals surface area contributed by atoms with E-state index in [1.54, 1.807) is 4.90 Å². The lowest BCUT2D eigenvalue weighted by Gasteiger charge is -2.29. The van der Waals surface area contributed by atoms with Gasteiger partial charge >= 0.3 is 0 Å². The SMILES string of the molecule is CCCC(CCC)C(=O)N1CCCC1C(=O)N[C@H](Cc1ccc2ccccc2c1)C(=O)NCC(O)CN.Cl. The number of fused-ring (bicyclic) bond motifs is 1. The minimum absolute atomic E-state index is 0. The third-order valence-electron chi connectivity index (χ3n) is 7.13. The molecule has 3 amide bonds. The summed E-state index contributed by atoms with van der Waals surface area (Å²) < 4.78 is 0. The lowest BCUT2D eigenvalue weighted by Crippen LogP contribution is -2.55. The number of halogens is 1. The quantitative estimate of drug-likeness (QED) is 0.307. The van der Waals surface area contributed by atoms with Crippen molar-refractivity contribution >= 4 is 40.9 Å².